The van der Waals surface area contributed by atoms with Crippen LogP contribution in [0.2, 0.25) is 0 Å². The SMILES string of the molecule is NSC/C=C/c1ccc(C(F)(F)F)cc1F. The molecule has 0 saturated heterocycles. The zero-order valence-corrected chi connectivity index (χ0v) is 8.91. The van der Waals surface area contributed by atoms with E-state index in [1.165, 1.54) is 6.08 Å². The minimum absolute atomic E-state index is 0.113. The van der Waals surface area contributed by atoms with Crippen molar-refractivity contribution in [2.24, 2.45) is 5.14 Å². The predicted octanol–water partition coefficient (Wildman–Crippen LogP) is 3.46. The molecule has 1 nitrogen and oxygen atoms in total. The van der Waals surface area contributed by atoms with Crippen LogP contribution in [0.5, 0.6) is 0 Å². The lowest BCUT2D eigenvalue weighted by Crippen LogP contribution is -2.05. The maximum Gasteiger partial charge on any atom is 0.416 e. The lowest BCUT2D eigenvalue weighted by atomic mass is 10.1. The smallest absolute Gasteiger partial charge is 0.278 e. The van der Waals surface area contributed by atoms with Crippen LogP contribution in [-0.4, -0.2) is 5.75 Å². The average molecular weight is 251 g/mol. The maximum absolute atomic E-state index is 13.2. The third kappa shape index (κ3) is 3.53. The van der Waals surface area contributed by atoms with Crippen molar-refractivity contribution in [3.63, 3.8) is 0 Å². The Morgan fingerprint density at radius 2 is 2.00 bits per heavy atom. The van der Waals surface area contributed by atoms with Crippen LogP contribution in [0.15, 0.2) is 24.3 Å². The molecule has 0 atom stereocenters. The highest BCUT2D eigenvalue weighted by Gasteiger charge is 2.30. The Morgan fingerprint density at radius 3 is 2.50 bits per heavy atom. The minimum atomic E-state index is -4.52. The molecule has 0 radical (unpaired) electrons. The molecular weight excluding hydrogens is 242 g/mol. The van der Waals surface area contributed by atoms with E-state index in [1.807, 2.05) is 0 Å². The second-order valence-electron chi connectivity index (χ2n) is 2.97. The summed E-state index contributed by atoms with van der Waals surface area (Å²) in [7, 11) is 0. The van der Waals surface area contributed by atoms with E-state index in [1.54, 1.807) is 6.08 Å². The molecule has 0 aliphatic carbocycles. The fourth-order valence-electron chi connectivity index (χ4n) is 1.07. The number of halogens is 4. The van der Waals surface area contributed by atoms with Crippen molar-refractivity contribution in [3.05, 3.63) is 41.2 Å². The Kier molecular flexibility index (Phi) is 4.37. The summed E-state index contributed by atoms with van der Waals surface area (Å²) in [6, 6.07) is 2.42. The standard InChI is InChI=1S/C10H9F4NS/c11-9-6-8(10(12,13)14)4-3-7(9)2-1-5-16-15/h1-4,6H,5,15H2/b2-1+. The first-order chi connectivity index (χ1) is 7.45. The molecule has 0 aliphatic heterocycles. The van der Waals surface area contributed by atoms with E-state index < -0.39 is 17.6 Å². The minimum Gasteiger partial charge on any atom is -0.278 e. The second kappa shape index (κ2) is 5.36. The maximum atomic E-state index is 13.2. The summed E-state index contributed by atoms with van der Waals surface area (Å²) >= 11 is 1.04. The summed E-state index contributed by atoms with van der Waals surface area (Å²) in [5, 5.41) is 5.13. The molecule has 0 bridgehead atoms. The largest absolute Gasteiger partial charge is 0.416 e. The Balaban J connectivity index is 2.92. The fourth-order valence-corrected chi connectivity index (χ4v) is 1.28. The van der Waals surface area contributed by atoms with Gasteiger partial charge in [0.25, 0.3) is 0 Å². The molecule has 1 rings (SSSR count). The lowest BCUT2D eigenvalue weighted by Gasteiger charge is -2.07. The van der Waals surface area contributed by atoms with Gasteiger partial charge in [-0.15, -0.1) is 0 Å². The third-order valence-corrected chi connectivity index (χ3v) is 2.20. The van der Waals surface area contributed by atoms with Crippen LogP contribution in [-0.2, 0) is 6.18 Å². The van der Waals surface area contributed by atoms with Gasteiger partial charge in [0.2, 0.25) is 0 Å². The van der Waals surface area contributed by atoms with Gasteiger partial charge >= 0.3 is 6.18 Å². The Hall–Kier alpha value is -1.01. The van der Waals surface area contributed by atoms with E-state index in [-0.39, 0.29) is 5.56 Å². The van der Waals surface area contributed by atoms with Crippen LogP contribution in [0.25, 0.3) is 6.08 Å². The van der Waals surface area contributed by atoms with Crippen LogP contribution in [0.1, 0.15) is 11.1 Å². The molecule has 1 aromatic carbocycles. The van der Waals surface area contributed by atoms with E-state index in [9.17, 15) is 17.6 Å². The summed E-state index contributed by atoms with van der Waals surface area (Å²) in [5.41, 5.74) is -0.877. The Labute approximate surface area is 94.5 Å². The number of benzene rings is 1. The van der Waals surface area contributed by atoms with Crippen LogP contribution < -0.4 is 5.14 Å². The first-order valence-electron chi connectivity index (χ1n) is 4.30. The molecule has 2 N–H and O–H groups in total. The quantitative estimate of drug-likeness (QED) is 0.657. The van der Waals surface area contributed by atoms with Gasteiger partial charge in [-0.25, -0.2) is 4.39 Å². The molecule has 0 spiro atoms. The number of hydrogen-bond donors (Lipinski definition) is 1. The van der Waals surface area contributed by atoms with Crippen LogP contribution >= 0.6 is 11.9 Å². The van der Waals surface area contributed by atoms with Gasteiger partial charge in [-0.1, -0.05) is 30.2 Å². The van der Waals surface area contributed by atoms with Crippen LogP contribution in [0, 0.1) is 5.82 Å². The summed E-state index contributed by atoms with van der Waals surface area (Å²) in [4.78, 5) is 0. The van der Waals surface area contributed by atoms with E-state index >= 15 is 0 Å². The molecule has 0 aromatic heterocycles. The first kappa shape index (κ1) is 13.1. The molecule has 0 saturated carbocycles. The highest BCUT2D eigenvalue weighted by molar-refractivity contribution is 7.97. The zero-order chi connectivity index (χ0) is 12.2. The van der Waals surface area contributed by atoms with Gasteiger partial charge in [0, 0.05) is 11.3 Å². The highest BCUT2D eigenvalue weighted by atomic mass is 32.2. The Morgan fingerprint density at radius 1 is 1.31 bits per heavy atom. The number of rotatable bonds is 3. The molecule has 0 unspecified atom stereocenters. The van der Waals surface area contributed by atoms with Crippen LogP contribution in [0.4, 0.5) is 17.6 Å². The van der Waals surface area contributed by atoms with Crippen molar-refractivity contribution in [2.75, 3.05) is 5.75 Å². The average Bonchev–Trinajstić information content (AvgIpc) is 2.19. The van der Waals surface area contributed by atoms with Gasteiger partial charge < -0.3 is 0 Å². The van der Waals surface area contributed by atoms with Gasteiger partial charge in [0.1, 0.15) is 5.82 Å². The molecule has 0 heterocycles. The molecule has 0 aliphatic rings. The second-order valence-corrected chi connectivity index (χ2v) is 3.64. The molecule has 0 fully saturated rings. The molecule has 6 heteroatoms. The van der Waals surface area contributed by atoms with Crippen molar-refractivity contribution in [1.82, 2.24) is 0 Å². The molecule has 1 aromatic rings. The van der Waals surface area contributed by atoms with Crippen molar-refractivity contribution in [3.8, 4) is 0 Å². The van der Waals surface area contributed by atoms with Gasteiger partial charge in [0.15, 0.2) is 0 Å². The van der Waals surface area contributed by atoms with Gasteiger partial charge in [0.05, 0.1) is 5.56 Å². The topological polar surface area (TPSA) is 26.0 Å². The first-order valence-corrected chi connectivity index (χ1v) is 5.35. The van der Waals surface area contributed by atoms with Gasteiger partial charge in [-0.2, -0.15) is 13.2 Å². The molecule has 0 amide bonds. The summed E-state index contributed by atoms with van der Waals surface area (Å²) in [5.74, 6) is -0.423. The van der Waals surface area contributed by atoms with E-state index in [2.05, 4.69) is 0 Å². The summed E-state index contributed by atoms with van der Waals surface area (Å²) in [6.07, 6.45) is -1.54. The van der Waals surface area contributed by atoms with E-state index in [0.29, 0.717) is 11.8 Å². The molecular formula is C10H9F4NS. The number of hydrogen-bond acceptors (Lipinski definition) is 2. The highest BCUT2D eigenvalue weighted by Crippen LogP contribution is 2.30. The van der Waals surface area contributed by atoms with E-state index in [0.717, 1.165) is 24.1 Å². The fraction of sp³-hybridized carbons (Fsp3) is 0.200. The van der Waals surface area contributed by atoms with Crippen molar-refractivity contribution < 1.29 is 17.6 Å². The van der Waals surface area contributed by atoms with Crippen LogP contribution in [0.3, 0.4) is 0 Å². The molecule has 88 valence electrons. The third-order valence-electron chi connectivity index (χ3n) is 1.82. The number of alkyl halides is 3. The summed E-state index contributed by atoms with van der Waals surface area (Å²) < 4.78 is 49.8. The van der Waals surface area contributed by atoms with Gasteiger partial charge in [-0.3, -0.25) is 5.14 Å². The summed E-state index contributed by atoms with van der Waals surface area (Å²) in [6.45, 7) is 0. The lowest BCUT2D eigenvalue weighted by molar-refractivity contribution is -0.137. The molecule has 16 heavy (non-hydrogen) atoms. The Bertz CT molecular complexity index is 387. The van der Waals surface area contributed by atoms with Gasteiger partial charge in [-0.05, 0) is 12.1 Å². The van der Waals surface area contributed by atoms with Crippen molar-refractivity contribution in [2.45, 2.75) is 6.18 Å². The normalized spacial score (nSPS) is 12.3. The predicted molar refractivity (Wildman–Crippen MR) is 57.1 cm³/mol. The monoisotopic (exact) mass is 251 g/mol. The number of nitrogens with two attached hydrogens (primary N) is 1. The van der Waals surface area contributed by atoms with E-state index in [4.69, 9.17) is 5.14 Å². The zero-order valence-electron chi connectivity index (χ0n) is 8.09. The van der Waals surface area contributed by atoms with Crippen molar-refractivity contribution >= 4 is 18.0 Å². The van der Waals surface area contributed by atoms with Crippen molar-refractivity contribution in [1.29, 1.82) is 0 Å².